The van der Waals surface area contributed by atoms with Crippen LogP contribution in [0.4, 0.5) is 4.39 Å². The van der Waals surface area contributed by atoms with Crippen LogP contribution in [0.15, 0.2) is 66.9 Å². The molecular weight excluding hydrogens is 317 g/mol. The lowest BCUT2D eigenvalue weighted by Gasteiger charge is -2.11. The van der Waals surface area contributed by atoms with Crippen LogP contribution in [0.1, 0.15) is 15.9 Å². The lowest BCUT2D eigenvalue weighted by Crippen LogP contribution is -2.05. The molecule has 0 unspecified atom stereocenters. The lowest BCUT2D eigenvalue weighted by atomic mass is 10.0. The summed E-state index contributed by atoms with van der Waals surface area (Å²) in [7, 11) is 0. The van der Waals surface area contributed by atoms with Crippen LogP contribution in [0.2, 0.25) is 5.02 Å². The fourth-order valence-electron chi connectivity index (χ4n) is 2.09. The van der Waals surface area contributed by atoms with Gasteiger partial charge in [0.15, 0.2) is 17.3 Å². The molecule has 0 aliphatic heterocycles. The average Bonchev–Trinajstić information content (AvgIpc) is 2.57. The lowest BCUT2D eigenvalue weighted by molar-refractivity contribution is 0.103. The highest BCUT2D eigenvalue weighted by molar-refractivity contribution is 6.31. The molecule has 0 spiro atoms. The van der Waals surface area contributed by atoms with E-state index >= 15 is 0 Å². The van der Waals surface area contributed by atoms with E-state index in [2.05, 4.69) is 4.98 Å². The third-order valence-electron chi connectivity index (χ3n) is 3.14. The third-order valence-corrected chi connectivity index (χ3v) is 3.38. The quantitative estimate of drug-likeness (QED) is 0.640. The van der Waals surface area contributed by atoms with Crippen molar-refractivity contribution in [3.63, 3.8) is 0 Å². The van der Waals surface area contributed by atoms with Gasteiger partial charge in [-0.3, -0.25) is 4.79 Å². The summed E-state index contributed by atoms with van der Waals surface area (Å²) < 4.78 is 19.6. The summed E-state index contributed by atoms with van der Waals surface area (Å²) in [5.74, 6) is -0.963. The van der Waals surface area contributed by atoms with E-state index in [4.69, 9.17) is 16.3 Å². The van der Waals surface area contributed by atoms with Crippen molar-refractivity contribution in [1.29, 1.82) is 0 Å². The van der Waals surface area contributed by atoms with Gasteiger partial charge in [0.25, 0.3) is 0 Å². The topological polar surface area (TPSA) is 39.2 Å². The van der Waals surface area contributed by atoms with Crippen LogP contribution >= 0.6 is 11.6 Å². The minimum atomic E-state index is -0.636. The van der Waals surface area contributed by atoms with E-state index in [1.807, 2.05) is 0 Å². The van der Waals surface area contributed by atoms with Gasteiger partial charge < -0.3 is 4.74 Å². The fourth-order valence-corrected chi connectivity index (χ4v) is 2.28. The van der Waals surface area contributed by atoms with Gasteiger partial charge >= 0.3 is 0 Å². The minimum Gasteiger partial charge on any atom is -0.435 e. The molecule has 23 heavy (non-hydrogen) atoms. The second kappa shape index (κ2) is 6.58. The molecule has 0 fully saturated rings. The molecule has 3 rings (SSSR count). The highest BCUT2D eigenvalue weighted by Gasteiger charge is 2.19. The first-order chi connectivity index (χ1) is 11.1. The van der Waals surface area contributed by atoms with Crippen LogP contribution in [0.3, 0.4) is 0 Å². The maximum atomic E-state index is 14.2. The van der Waals surface area contributed by atoms with E-state index in [-0.39, 0.29) is 23.0 Å². The summed E-state index contributed by atoms with van der Waals surface area (Å²) in [5, 5.41) is 0.430. The van der Waals surface area contributed by atoms with E-state index in [0.29, 0.717) is 10.6 Å². The molecule has 0 aliphatic rings. The Bertz CT molecular complexity index is 853. The van der Waals surface area contributed by atoms with Gasteiger partial charge in [-0.05, 0) is 30.3 Å². The summed E-state index contributed by atoms with van der Waals surface area (Å²) in [6.45, 7) is 0. The number of ether oxygens (including phenoxy) is 1. The molecule has 0 N–H and O–H groups in total. The largest absolute Gasteiger partial charge is 0.435 e. The Balaban J connectivity index is 2.03. The number of benzene rings is 2. The Labute approximate surface area is 137 Å². The van der Waals surface area contributed by atoms with Crippen molar-refractivity contribution >= 4 is 17.4 Å². The highest BCUT2D eigenvalue weighted by atomic mass is 35.5. The van der Waals surface area contributed by atoms with E-state index in [9.17, 15) is 9.18 Å². The molecule has 0 bridgehead atoms. The number of hydrogen-bond donors (Lipinski definition) is 0. The van der Waals surface area contributed by atoms with Crippen molar-refractivity contribution in [2.24, 2.45) is 0 Å². The molecule has 0 saturated heterocycles. The van der Waals surface area contributed by atoms with Gasteiger partial charge in [-0.25, -0.2) is 9.37 Å². The third kappa shape index (κ3) is 3.38. The first-order valence-electron chi connectivity index (χ1n) is 6.83. The predicted octanol–water partition coefficient (Wildman–Crippen LogP) is 4.90. The average molecular weight is 328 g/mol. The number of para-hydroxylation sites is 1. The standard InChI is InChI=1S/C18H11ClFNO2/c19-13-6-3-5-12(11-13)17(22)14-7-4-8-15(20)18(14)23-16-9-1-2-10-21-16/h1-11H. The molecule has 1 aromatic heterocycles. The molecule has 1 heterocycles. The highest BCUT2D eigenvalue weighted by Crippen LogP contribution is 2.29. The molecule has 3 aromatic rings. The van der Waals surface area contributed by atoms with Crippen molar-refractivity contribution in [1.82, 2.24) is 4.98 Å². The van der Waals surface area contributed by atoms with Crippen molar-refractivity contribution in [3.05, 3.63) is 88.8 Å². The monoisotopic (exact) mass is 327 g/mol. The van der Waals surface area contributed by atoms with Gasteiger partial charge in [0.05, 0.1) is 5.56 Å². The number of rotatable bonds is 4. The van der Waals surface area contributed by atoms with Crippen molar-refractivity contribution in [3.8, 4) is 11.6 Å². The second-order valence-corrected chi connectivity index (χ2v) is 5.16. The molecule has 0 atom stereocenters. The van der Waals surface area contributed by atoms with Crippen LogP contribution in [-0.2, 0) is 0 Å². The van der Waals surface area contributed by atoms with Gasteiger partial charge in [0.2, 0.25) is 5.88 Å². The van der Waals surface area contributed by atoms with Crippen molar-refractivity contribution < 1.29 is 13.9 Å². The van der Waals surface area contributed by atoms with Crippen LogP contribution < -0.4 is 4.74 Å². The molecule has 2 aromatic carbocycles. The zero-order chi connectivity index (χ0) is 16.2. The summed E-state index contributed by atoms with van der Waals surface area (Å²) in [6, 6.07) is 15.7. The molecule has 0 aliphatic carbocycles. The Morgan fingerprint density at radius 3 is 2.61 bits per heavy atom. The number of ketones is 1. The second-order valence-electron chi connectivity index (χ2n) is 4.73. The first-order valence-corrected chi connectivity index (χ1v) is 7.20. The van der Waals surface area contributed by atoms with E-state index in [1.165, 1.54) is 30.5 Å². The van der Waals surface area contributed by atoms with Gasteiger partial charge in [0, 0.05) is 22.8 Å². The fraction of sp³-hybridized carbons (Fsp3) is 0. The maximum Gasteiger partial charge on any atom is 0.219 e. The summed E-state index contributed by atoms with van der Waals surface area (Å²) in [4.78, 5) is 16.6. The minimum absolute atomic E-state index is 0.109. The SMILES string of the molecule is O=C(c1cccc(Cl)c1)c1cccc(F)c1Oc1ccccn1. The number of halogens is 2. The Hall–Kier alpha value is -2.72. The number of hydrogen-bond acceptors (Lipinski definition) is 3. The molecular formula is C18H11ClFNO2. The summed E-state index contributed by atoms with van der Waals surface area (Å²) in [6.07, 6.45) is 1.52. The Morgan fingerprint density at radius 1 is 1.04 bits per heavy atom. The van der Waals surface area contributed by atoms with Gasteiger partial charge in [-0.15, -0.1) is 0 Å². The normalized spacial score (nSPS) is 10.3. The number of carbonyl (C=O) groups excluding carboxylic acids is 1. The predicted molar refractivity (Wildman–Crippen MR) is 85.6 cm³/mol. The zero-order valence-electron chi connectivity index (χ0n) is 11.9. The Morgan fingerprint density at radius 2 is 1.87 bits per heavy atom. The van der Waals surface area contributed by atoms with Gasteiger partial charge in [-0.2, -0.15) is 0 Å². The van der Waals surface area contributed by atoms with E-state index in [0.717, 1.165) is 0 Å². The van der Waals surface area contributed by atoms with E-state index in [1.54, 1.807) is 36.4 Å². The van der Waals surface area contributed by atoms with Crippen LogP contribution in [0.5, 0.6) is 11.6 Å². The Kier molecular flexibility index (Phi) is 4.35. The summed E-state index contributed by atoms with van der Waals surface area (Å²) in [5.41, 5.74) is 0.465. The van der Waals surface area contributed by atoms with Crippen LogP contribution in [0.25, 0.3) is 0 Å². The number of pyridine rings is 1. The molecule has 0 amide bonds. The zero-order valence-corrected chi connectivity index (χ0v) is 12.6. The molecule has 5 heteroatoms. The van der Waals surface area contributed by atoms with Crippen LogP contribution in [0, 0.1) is 5.82 Å². The number of carbonyl (C=O) groups is 1. The van der Waals surface area contributed by atoms with Crippen molar-refractivity contribution in [2.75, 3.05) is 0 Å². The summed E-state index contributed by atoms with van der Waals surface area (Å²) >= 11 is 5.91. The molecule has 3 nitrogen and oxygen atoms in total. The molecule has 0 saturated carbocycles. The van der Waals surface area contributed by atoms with Gasteiger partial charge in [-0.1, -0.05) is 35.9 Å². The number of nitrogens with zero attached hydrogens (tertiary/aromatic N) is 1. The molecule has 114 valence electrons. The molecule has 0 radical (unpaired) electrons. The van der Waals surface area contributed by atoms with Gasteiger partial charge in [0.1, 0.15) is 0 Å². The smallest absolute Gasteiger partial charge is 0.219 e. The van der Waals surface area contributed by atoms with Crippen molar-refractivity contribution in [2.45, 2.75) is 0 Å². The number of aromatic nitrogens is 1. The van der Waals surface area contributed by atoms with Crippen LogP contribution in [-0.4, -0.2) is 10.8 Å². The van der Waals surface area contributed by atoms with E-state index < -0.39 is 5.82 Å². The first kappa shape index (κ1) is 15.2. The maximum absolute atomic E-state index is 14.2.